The van der Waals surface area contributed by atoms with Crippen LogP contribution in [0.2, 0.25) is 0 Å². The number of rotatable bonds is 15. The molecule has 0 aromatic carbocycles. The monoisotopic (exact) mass is 499 g/mol. The molecule has 4 N–H and O–H groups in total. The molecule has 0 radical (unpaired) electrons. The van der Waals surface area contributed by atoms with Gasteiger partial charge in [0, 0.05) is 41.7 Å². The molecule has 3 rings (SSSR count). The Balaban J connectivity index is 0.000000410. The van der Waals surface area contributed by atoms with E-state index in [4.69, 9.17) is 15.3 Å². The highest BCUT2D eigenvalue weighted by atomic mass is 16.4. The van der Waals surface area contributed by atoms with Crippen molar-refractivity contribution < 1.29 is 25.2 Å². The summed E-state index contributed by atoms with van der Waals surface area (Å²) >= 11 is 0. The van der Waals surface area contributed by atoms with Crippen molar-refractivity contribution in [2.75, 3.05) is 19.8 Å². The summed E-state index contributed by atoms with van der Waals surface area (Å²) in [6, 6.07) is 3.20. The van der Waals surface area contributed by atoms with Crippen LogP contribution < -0.4 is 0 Å². The van der Waals surface area contributed by atoms with E-state index in [9.17, 15) is 9.90 Å². The Bertz CT molecular complexity index is 566. The van der Waals surface area contributed by atoms with Gasteiger partial charge in [0.25, 0.3) is 0 Å². The second-order valence-corrected chi connectivity index (χ2v) is 10.7. The Morgan fingerprint density at radius 1 is 0.600 bits per heavy atom. The molecule has 3 aliphatic heterocycles. The summed E-state index contributed by atoms with van der Waals surface area (Å²) in [7, 11) is 0. The lowest BCUT2D eigenvalue weighted by molar-refractivity contribution is -0.148. The fraction of sp³-hybridized carbons (Fsp3) is 0.963. The van der Waals surface area contributed by atoms with E-state index in [0.29, 0.717) is 42.7 Å². The third-order valence-corrected chi connectivity index (χ3v) is 9.10. The predicted molar refractivity (Wildman–Crippen MR) is 139 cm³/mol. The number of carbonyl (C=O) groups is 1. The second kappa shape index (κ2) is 12.7. The van der Waals surface area contributed by atoms with Gasteiger partial charge in [0.15, 0.2) is 0 Å². The maximum Gasteiger partial charge on any atom is 0.308 e. The molecule has 6 unspecified atom stereocenters. The molecule has 0 saturated carbocycles. The number of aliphatic hydroxyl groups is 3. The first-order chi connectivity index (χ1) is 16.7. The van der Waals surface area contributed by atoms with Crippen molar-refractivity contribution in [3.63, 3.8) is 0 Å². The fourth-order valence-corrected chi connectivity index (χ4v) is 6.77. The Morgan fingerprint density at radius 3 is 0.971 bits per heavy atom. The molecule has 0 bridgehead atoms. The van der Waals surface area contributed by atoms with Gasteiger partial charge < -0.3 is 20.4 Å². The minimum absolute atomic E-state index is 0.156. The van der Waals surface area contributed by atoms with Crippen molar-refractivity contribution in [1.29, 1.82) is 0 Å². The van der Waals surface area contributed by atoms with E-state index in [-0.39, 0.29) is 26.2 Å². The number of nitrogens with zero attached hydrogens (tertiary/aromatic N) is 3. The summed E-state index contributed by atoms with van der Waals surface area (Å²) in [6.07, 6.45) is 7.50. The van der Waals surface area contributed by atoms with Crippen LogP contribution in [0.4, 0.5) is 0 Å². The van der Waals surface area contributed by atoms with Crippen molar-refractivity contribution in [1.82, 2.24) is 14.7 Å². The molecule has 3 aliphatic rings. The minimum Gasteiger partial charge on any atom is -0.481 e. The molecule has 35 heavy (non-hydrogen) atoms. The highest BCUT2D eigenvalue weighted by molar-refractivity contribution is 5.69. The van der Waals surface area contributed by atoms with E-state index < -0.39 is 17.2 Å². The van der Waals surface area contributed by atoms with Gasteiger partial charge in [-0.3, -0.25) is 19.5 Å². The van der Waals surface area contributed by atoms with Gasteiger partial charge in [-0.25, -0.2) is 0 Å². The SMILES string of the molecule is CCC(CO)(CO)CO.CCC1C(CC)N1C(CC(=O)O)(N1C(CC)C1CC)N1C(CC)C1CC. The van der Waals surface area contributed by atoms with Crippen LogP contribution in [-0.4, -0.2) is 103 Å². The summed E-state index contributed by atoms with van der Waals surface area (Å²) in [5.74, 6) is -1.06. The molecule has 3 fully saturated rings. The van der Waals surface area contributed by atoms with Gasteiger partial charge in [-0.15, -0.1) is 0 Å². The first kappa shape index (κ1) is 30.5. The molecule has 206 valence electrons. The lowest BCUT2D eigenvalue weighted by Gasteiger charge is -2.41. The summed E-state index contributed by atoms with van der Waals surface area (Å²) in [6.45, 7) is 14.9. The van der Waals surface area contributed by atoms with E-state index in [1.807, 2.05) is 6.92 Å². The first-order valence-corrected chi connectivity index (χ1v) is 14.1. The minimum atomic E-state index is -0.667. The molecule has 3 heterocycles. The largest absolute Gasteiger partial charge is 0.481 e. The molecular formula is C27H53N3O5. The molecule has 0 aromatic rings. The van der Waals surface area contributed by atoms with Gasteiger partial charge in [0.2, 0.25) is 0 Å². The fourth-order valence-electron chi connectivity index (χ4n) is 6.77. The number of carboxylic acid groups (broad SMARTS) is 1. The van der Waals surface area contributed by atoms with Crippen molar-refractivity contribution >= 4 is 5.97 Å². The molecule has 3 saturated heterocycles. The molecule has 0 aliphatic carbocycles. The molecule has 0 amide bonds. The summed E-state index contributed by atoms with van der Waals surface area (Å²) in [5.41, 5.74) is -0.667. The Labute approximate surface area is 213 Å². The average Bonchev–Trinajstić information content (AvgIpc) is 3.79. The maximum atomic E-state index is 12.1. The number of hydrogen-bond acceptors (Lipinski definition) is 7. The number of aliphatic hydroxyl groups excluding tert-OH is 3. The number of aliphatic carboxylic acids is 1. The molecule has 6 atom stereocenters. The van der Waals surface area contributed by atoms with Crippen LogP contribution >= 0.6 is 0 Å². The Hall–Kier alpha value is -0.770. The molecule has 0 spiro atoms. The topological polar surface area (TPSA) is 107 Å². The summed E-state index contributed by atoms with van der Waals surface area (Å²) in [4.78, 5) is 19.9. The second-order valence-electron chi connectivity index (χ2n) is 10.7. The molecular weight excluding hydrogens is 446 g/mol. The Kier molecular flexibility index (Phi) is 11.0. The van der Waals surface area contributed by atoms with Gasteiger partial charge in [-0.05, 0) is 44.9 Å². The van der Waals surface area contributed by atoms with Crippen LogP contribution in [0.15, 0.2) is 0 Å². The lowest BCUT2D eigenvalue weighted by atomic mass is 9.88. The number of carboxylic acids is 1. The average molecular weight is 500 g/mol. The third kappa shape index (κ3) is 5.58. The first-order valence-electron chi connectivity index (χ1n) is 14.1. The summed E-state index contributed by atoms with van der Waals surface area (Å²) < 4.78 is 0. The zero-order valence-electron chi connectivity index (χ0n) is 23.3. The lowest BCUT2D eigenvalue weighted by Crippen LogP contribution is -2.58. The van der Waals surface area contributed by atoms with E-state index in [2.05, 4.69) is 56.2 Å². The van der Waals surface area contributed by atoms with Gasteiger partial charge in [-0.2, -0.15) is 0 Å². The highest BCUT2D eigenvalue weighted by Gasteiger charge is 2.74. The third-order valence-electron chi connectivity index (χ3n) is 9.10. The van der Waals surface area contributed by atoms with Gasteiger partial charge >= 0.3 is 5.97 Å². The maximum absolute atomic E-state index is 12.1. The van der Waals surface area contributed by atoms with Crippen LogP contribution in [0.1, 0.15) is 99.8 Å². The van der Waals surface area contributed by atoms with E-state index in [0.717, 1.165) is 38.5 Å². The van der Waals surface area contributed by atoms with Crippen LogP contribution in [0.5, 0.6) is 0 Å². The Morgan fingerprint density at radius 2 is 0.857 bits per heavy atom. The van der Waals surface area contributed by atoms with Crippen molar-refractivity contribution in [2.24, 2.45) is 5.41 Å². The standard InChI is InChI=1S/C21H39N3O2.C6H14O3/c1-7-14-15(8-2)22(14)21(13-20(25)26,23-16(9-3)17(23)10-4)24-18(11-5)19(24)12-6;1-2-6(3-7,4-8)5-9/h14-19H,7-13H2,1-6H3,(H,25,26);7-9H,2-5H2,1H3. The van der Waals surface area contributed by atoms with Gasteiger partial charge in [0.1, 0.15) is 5.79 Å². The van der Waals surface area contributed by atoms with Crippen LogP contribution in [-0.2, 0) is 4.79 Å². The normalized spacial score (nSPS) is 37.1. The van der Waals surface area contributed by atoms with Crippen LogP contribution in [0.25, 0.3) is 0 Å². The highest BCUT2D eigenvalue weighted by Crippen LogP contribution is 2.58. The predicted octanol–water partition coefficient (Wildman–Crippen LogP) is 3.09. The zero-order valence-corrected chi connectivity index (χ0v) is 23.3. The van der Waals surface area contributed by atoms with Crippen LogP contribution in [0, 0.1) is 5.41 Å². The molecule has 8 nitrogen and oxygen atoms in total. The van der Waals surface area contributed by atoms with Crippen molar-refractivity contribution in [3.05, 3.63) is 0 Å². The van der Waals surface area contributed by atoms with Crippen molar-refractivity contribution in [3.8, 4) is 0 Å². The quantitative estimate of drug-likeness (QED) is 0.255. The van der Waals surface area contributed by atoms with E-state index in [1.54, 1.807) is 0 Å². The smallest absolute Gasteiger partial charge is 0.308 e. The zero-order chi connectivity index (χ0) is 26.6. The van der Waals surface area contributed by atoms with Crippen molar-refractivity contribution in [2.45, 2.75) is 142 Å². The van der Waals surface area contributed by atoms with Gasteiger partial charge in [-0.1, -0.05) is 48.5 Å². The molecule has 8 heteroatoms. The summed E-state index contributed by atoms with van der Waals surface area (Å²) in [5, 5.41) is 35.9. The van der Waals surface area contributed by atoms with Crippen LogP contribution in [0.3, 0.4) is 0 Å². The van der Waals surface area contributed by atoms with Gasteiger partial charge in [0.05, 0.1) is 26.2 Å². The number of hydrogen-bond donors (Lipinski definition) is 4. The van der Waals surface area contributed by atoms with E-state index >= 15 is 0 Å². The van der Waals surface area contributed by atoms with E-state index in [1.165, 1.54) is 0 Å². The molecule has 0 aromatic heterocycles.